The summed E-state index contributed by atoms with van der Waals surface area (Å²) < 4.78 is 0. The number of rotatable bonds is 2. The van der Waals surface area contributed by atoms with Gasteiger partial charge in [0.25, 0.3) is 0 Å². The second kappa shape index (κ2) is 2.73. The Labute approximate surface area is 72.0 Å². The van der Waals surface area contributed by atoms with Gasteiger partial charge in [-0.25, -0.2) is 9.97 Å². The third-order valence-electron chi connectivity index (χ3n) is 2.20. The summed E-state index contributed by atoms with van der Waals surface area (Å²) in [6.07, 6.45) is 5.12. The molecular weight excluding hydrogens is 150 g/mol. The number of hydrogen-bond acceptors (Lipinski definition) is 3. The number of hydrogen-bond donors (Lipinski definition) is 1. The van der Waals surface area contributed by atoms with Crippen LogP contribution in [-0.4, -0.2) is 9.97 Å². The van der Waals surface area contributed by atoms with Crippen LogP contribution in [0.25, 0.3) is 0 Å². The van der Waals surface area contributed by atoms with E-state index < -0.39 is 0 Å². The van der Waals surface area contributed by atoms with E-state index in [0.29, 0.717) is 5.92 Å². The summed E-state index contributed by atoms with van der Waals surface area (Å²) >= 11 is 0. The molecule has 0 unspecified atom stereocenters. The Kier molecular flexibility index (Phi) is 1.71. The minimum Gasteiger partial charge on any atom is -0.396 e. The van der Waals surface area contributed by atoms with Crippen LogP contribution in [0.4, 0.5) is 5.69 Å². The zero-order valence-electron chi connectivity index (χ0n) is 7.25. The lowest BCUT2D eigenvalue weighted by molar-refractivity contribution is 0.882. The van der Waals surface area contributed by atoms with Gasteiger partial charge in [0.2, 0.25) is 0 Å². The van der Waals surface area contributed by atoms with Crippen molar-refractivity contribution >= 4 is 5.69 Å². The maximum Gasteiger partial charge on any atom is 0.131 e. The topological polar surface area (TPSA) is 51.8 Å². The first kappa shape index (κ1) is 7.53. The van der Waals surface area contributed by atoms with E-state index in [9.17, 15) is 0 Å². The van der Waals surface area contributed by atoms with Crippen LogP contribution < -0.4 is 5.73 Å². The molecule has 0 aliphatic heterocycles. The molecule has 3 heteroatoms. The summed E-state index contributed by atoms with van der Waals surface area (Å²) in [6.45, 7) is 2.06. The Bertz CT molecular complexity index is 292. The molecule has 3 nitrogen and oxygen atoms in total. The monoisotopic (exact) mass is 163 g/mol. The van der Waals surface area contributed by atoms with E-state index in [0.717, 1.165) is 23.6 Å². The van der Waals surface area contributed by atoms with Gasteiger partial charge in [0.15, 0.2) is 0 Å². The zero-order chi connectivity index (χ0) is 8.55. The van der Waals surface area contributed by atoms with Gasteiger partial charge in [0, 0.05) is 5.92 Å². The van der Waals surface area contributed by atoms with Gasteiger partial charge in [-0.15, -0.1) is 0 Å². The summed E-state index contributed by atoms with van der Waals surface area (Å²) in [5, 5.41) is 0. The van der Waals surface area contributed by atoms with Crippen LogP contribution in [0.15, 0.2) is 6.20 Å². The van der Waals surface area contributed by atoms with E-state index in [1.54, 1.807) is 6.20 Å². The predicted molar refractivity (Wildman–Crippen MR) is 47.8 cm³/mol. The quantitative estimate of drug-likeness (QED) is 0.718. The number of nitrogen functional groups attached to an aromatic ring is 1. The first-order chi connectivity index (χ1) is 5.81. The van der Waals surface area contributed by atoms with Crippen molar-refractivity contribution in [1.82, 2.24) is 9.97 Å². The first-order valence-corrected chi connectivity index (χ1v) is 4.42. The molecule has 1 saturated carbocycles. The second-order valence-corrected chi connectivity index (χ2v) is 3.26. The van der Waals surface area contributed by atoms with Crippen LogP contribution in [0, 0.1) is 0 Å². The molecule has 1 heterocycles. The normalized spacial score (nSPS) is 16.4. The van der Waals surface area contributed by atoms with Crippen LogP contribution in [-0.2, 0) is 6.42 Å². The van der Waals surface area contributed by atoms with Crippen molar-refractivity contribution < 1.29 is 0 Å². The predicted octanol–water partition coefficient (Wildman–Crippen LogP) is 1.50. The van der Waals surface area contributed by atoms with E-state index in [-0.39, 0.29) is 0 Å². The van der Waals surface area contributed by atoms with E-state index in [2.05, 4.69) is 16.9 Å². The minimum absolute atomic E-state index is 0.621. The average Bonchev–Trinajstić information content (AvgIpc) is 2.88. The third kappa shape index (κ3) is 1.26. The summed E-state index contributed by atoms with van der Waals surface area (Å²) in [4.78, 5) is 8.63. The molecule has 1 aromatic heterocycles. The van der Waals surface area contributed by atoms with E-state index >= 15 is 0 Å². The molecule has 0 amide bonds. The Morgan fingerprint density at radius 1 is 1.58 bits per heavy atom. The summed E-state index contributed by atoms with van der Waals surface area (Å²) in [5.41, 5.74) is 7.41. The molecule has 0 radical (unpaired) electrons. The van der Waals surface area contributed by atoms with Gasteiger partial charge in [0.1, 0.15) is 5.82 Å². The van der Waals surface area contributed by atoms with Crippen molar-refractivity contribution in [3.05, 3.63) is 17.7 Å². The highest BCUT2D eigenvalue weighted by Gasteiger charge is 2.26. The number of aromatic nitrogens is 2. The lowest BCUT2D eigenvalue weighted by atomic mass is 10.2. The molecule has 0 aromatic carbocycles. The van der Waals surface area contributed by atoms with Gasteiger partial charge in [-0.1, -0.05) is 6.92 Å². The van der Waals surface area contributed by atoms with Gasteiger partial charge in [-0.2, -0.15) is 0 Å². The van der Waals surface area contributed by atoms with Gasteiger partial charge < -0.3 is 5.73 Å². The highest BCUT2D eigenvalue weighted by molar-refractivity contribution is 5.40. The maximum atomic E-state index is 5.70. The van der Waals surface area contributed by atoms with Crippen LogP contribution in [0.1, 0.15) is 37.2 Å². The van der Waals surface area contributed by atoms with Crippen molar-refractivity contribution in [1.29, 1.82) is 0 Å². The Balaban J connectivity index is 2.33. The lowest BCUT2D eigenvalue weighted by Crippen LogP contribution is -2.01. The largest absolute Gasteiger partial charge is 0.396 e. The van der Waals surface area contributed by atoms with Crippen molar-refractivity contribution in [2.24, 2.45) is 0 Å². The van der Waals surface area contributed by atoms with Crippen molar-refractivity contribution in [2.75, 3.05) is 5.73 Å². The Morgan fingerprint density at radius 2 is 2.33 bits per heavy atom. The van der Waals surface area contributed by atoms with E-state index in [1.807, 2.05) is 0 Å². The second-order valence-electron chi connectivity index (χ2n) is 3.26. The SMILES string of the molecule is CCc1nc(C2CC2)ncc1N. The van der Waals surface area contributed by atoms with Gasteiger partial charge >= 0.3 is 0 Å². The highest BCUT2D eigenvalue weighted by atomic mass is 14.9. The molecular formula is C9H13N3. The molecule has 2 N–H and O–H groups in total. The molecule has 1 aromatic rings. The van der Waals surface area contributed by atoms with Crippen LogP contribution >= 0.6 is 0 Å². The molecule has 12 heavy (non-hydrogen) atoms. The number of aryl methyl sites for hydroxylation is 1. The van der Waals surface area contributed by atoms with Gasteiger partial charge in [-0.3, -0.25) is 0 Å². The molecule has 0 bridgehead atoms. The van der Waals surface area contributed by atoms with Crippen molar-refractivity contribution in [2.45, 2.75) is 32.1 Å². The summed E-state index contributed by atoms with van der Waals surface area (Å²) in [5.74, 6) is 1.61. The van der Waals surface area contributed by atoms with Crippen molar-refractivity contribution in [3.63, 3.8) is 0 Å². The van der Waals surface area contributed by atoms with Crippen LogP contribution in [0.5, 0.6) is 0 Å². The first-order valence-electron chi connectivity index (χ1n) is 4.42. The highest BCUT2D eigenvalue weighted by Crippen LogP contribution is 2.38. The van der Waals surface area contributed by atoms with E-state index in [4.69, 9.17) is 5.73 Å². The molecule has 0 atom stereocenters. The fourth-order valence-corrected chi connectivity index (χ4v) is 1.26. The summed E-state index contributed by atoms with van der Waals surface area (Å²) in [7, 11) is 0. The molecule has 1 aliphatic carbocycles. The molecule has 0 saturated heterocycles. The Morgan fingerprint density at radius 3 is 2.92 bits per heavy atom. The molecule has 2 rings (SSSR count). The number of nitrogens with zero attached hydrogens (tertiary/aromatic N) is 2. The fraction of sp³-hybridized carbons (Fsp3) is 0.556. The smallest absolute Gasteiger partial charge is 0.131 e. The third-order valence-corrected chi connectivity index (χ3v) is 2.20. The molecule has 1 aliphatic rings. The fourth-order valence-electron chi connectivity index (χ4n) is 1.26. The zero-order valence-corrected chi connectivity index (χ0v) is 7.25. The van der Waals surface area contributed by atoms with Crippen molar-refractivity contribution in [3.8, 4) is 0 Å². The van der Waals surface area contributed by atoms with Gasteiger partial charge in [0.05, 0.1) is 17.6 Å². The number of nitrogens with two attached hydrogens (primary N) is 1. The number of anilines is 1. The van der Waals surface area contributed by atoms with Gasteiger partial charge in [-0.05, 0) is 19.3 Å². The van der Waals surface area contributed by atoms with Crippen LogP contribution in [0.2, 0.25) is 0 Å². The maximum absolute atomic E-state index is 5.70. The average molecular weight is 163 g/mol. The van der Waals surface area contributed by atoms with E-state index in [1.165, 1.54) is 12.8 Å². The summed E-state index contributed by atoms with van der Waals surface area (Å²) in [6, 6.07) is 0. The molecule has 0 spiro atoms. The Hall–Kier alpha value is -1.12. The van der Waals surface area contributed by atoms with Crippen LogP contribution in [0.3, 0.4) is 0 Å². The lowest BCUT2D eigenvalue weighted by Gasteiger charge is -2.02. The molecule has 64 valence electrons. The minimum atomic E-state index is 0.621. The molecule has 1 fully saturated rings. The standard InChI is InChI=1S/C9H13N3/c1-2-8-7(10)5-11-9(12-8)6-3-4-6/h5-6H,2-4,10H2,1H3.